The molecule has 25 heavy (non-hydrogen) atoms. The van der Waals surface area contributed by atoms with Gasteiger partial charge in [0, 0.05) is 24.6 Å². The highest BCUT2D eigenvalue weighted by Crippen LogP contribution is 2.31. The van der Waals surface area contributed by atoms with Gasteiger partial charge in [-0.05, 0) is 25.0 Å². The van der Waals surface area contributed by atoms with E-state index in [1.807, 2.05) is 29.2 Å². The summed E-state index contributed by atoms with van der Waals surface area (Å²) in [6.45, 7) is 0.528. The van der Waals surface area contributed by atoms with Crippen molar-refractivity contribution in [2.75, 3.05) is 11.9 Å². The van der Waals surface area contributed by atoms with Gasteiger partial charge >= 0.3 is 0 Å². The Hall–Kier alpha value is -2.70. The monoisotopic (exact) mass is 339 g/mol. The van der Waals surface area contributed by atoms with Crippen molar-refractivity contribution in [3.05, 3.63) is 30.6 Å². The molecule has 0 bridgehead atoms. The number of H-pyrrole nitrogens is 1. The second-order valence-electron chi connectivity index (χ2n) is 6.75. The SMILES string of the molecule is O=C(Nc1ccccc1-c1ncn[nH]1)[C@@H]1CC(=O)N(C2CCCC2)C1. The number of amides is 2. The Morgan fingerprint density at radius 2 is 2.04 bits per heavy atom. The average molecular weight is 339 g/mol. The summed E-state index contributed by atoms with van der Waals surface area (Å²) < 4.78 is 0. The molecule has 1 aromatic carbocycles. The van der Waals surface area contributed by atoms with Crippen LogP contribution in [0.3, 0.4) is 0 Å². The van der Waals surface area contributed by atoms with E-state index in [1.165, 1.54) is 19.2 Å². The van der Waals surface area contributed by atoms with Crippen molar-refractivity contribution >= 4 is 17.5 Å². The topological polar surface area (TPSA) is 91.0 Å². The summed E-state index contributed by atoms with van der Waals surface area (Å²) in [7, 11) is 0. The Labute approximate surface area is 145 Å². The minimum atomic E-state index is -0.295. The van der Waals surface area contributed by atoms with Crippen LogP contribution in [0.1, 0.15) is 32.1 Å². The van der Waals surface area contributed by atoms with E-state index in [-0.39, 0.29) is 17.7 Å². The van der Waals surface area contributed by atoms with Gasteiger partial charge in [0.1, 0.15) is 6.33 Å². The molecule has 2 aromatic rings. The number of benzene rings is 1. The largest absolute Gasteiger partial charge is 0.339 e. The van der Waals surface area contributed by atoms with Crippen molar-refractivity contribution in [1.82, 2.24) is 20.1 Å². The zero-order valence-corrected chi connectivity index (χ0v) is 13.9. The zero-order chi connectivity index (χ0) is 17.2. The standard InChI is InChI=1S/C18H21N5O2/c24-16-9-12(10-23(16)13-5-1-2-6-13)18(25)21-15-8-4-3-7-14(15)17-19-11-20-22-17/h3-4,7-8,11-13H,1-2,5-6,9-10H2,(H,21,25)(H,19,20,22)/t12-/m1/s1. The highest BCUT2D eigenvalue weighted by Gasteiger charge is 2.38. The summed E-state index contributed by atoms with van der Waals surface area (Å²) in [6, 6.07) is 7.78. The summed E-state index contributed by atoms with van der Waals surface area (Å²) >= 11 is 0. The number of rotatable bonds is 4. The zero-order valence-electron chi connectivity index (χ0n) is 13.9. The summed E-state index contributed by atoms with van der Waals surface area (Å²) in [5.41, 5.74) is 1.46. The van der Waals surface area contributed by atoms with E-state index in [4.69, 9.17) is 0 Å². The summed E-state index contributed by atoms with van der Waals surface area (Å²) in [6.07, 6.45) is 6.21. The number of carbonyl (C=O) groups is 2. The molecule has 1 aromatic heterocycles. The van der Waals surface area contributed by atoms with Crippen molar-refractivity contribution in [2.24, 2.45) is 5.92 Å². The smallest absolute Gasteiger partial charge is 0.229 e. The van der Waals surface area contributed by atoms with Crippen LogP contribution in [-0.2, 0) is 9.59 Å². The highest BCUT2D eigenvalue weighted by atomic mass is 16.2. The van der Waals surface area contributed by atoms with Crippen LogP contribution in [0, 0.1) is 5.92 Å². The Balaban J connectivity index is 1.47. The lowest BCUT2D eigenvalue weighted by atomic mass is 10.1. The maximum absolute atomic E-state index is 12.7. The Morgan fingerprint density at radius 3 is 2.80 bits per heavy atom. The maximum Gasteiger partial charge on any atom is 0.229 e. The van der Waals surface area contributed by atoms with Gasteiger partial charge in [0.05, 0.1) is 11.6 Å². The van der Waals surface area contributed by atoms with Gasteiger partial charge in [-0.3, -0.25) is 14.7 Å². The van der Waals surface area contributed by atoms with Crippen LogP contribution in [0.5, 0.6) is 0 Å². The van der Waals surface area contributed by atoms with Crippen molar-refractivity contribution in [1.29, 1.82) is 0 Å². The number of likely N-dealkylation sites (tertiary alicyclic amines) is 1. The fourth-order valence-corrected chi connectivity index (χ4v) is 3.84. The van der Waals surface area contributed by atoms with Gasteiger partial charge < -0.3 is 10.2 Å². The van der Waals surface area contributed by atoms with Gasteiger partial charge in [-0.2, -0.15) is 5.10 Å². The van der Waals surface area contributed by atoms with E-state index in [1.54, 1.807) is 0 Å². The third-order valence-corrected chi connectivity index (χ3v) is 5.15. The molecule has 7 heteroatoms. The molecule has 1 aliphatic heterocycles. The number of hydrogen-bond donors (Lipinski definition) is 2. The molecule has 0 unspecified atom stereocenters. The molecule has 1 saturated carbocycles. The van der Waals surface area contributed by atoms with Crippen molar-refractivity contribution in [3.63, 3.8) is 0 Å². The van der Waals surface area contributed by atoms with Crippen molar-refractivity contribution < 1.29 is 9.59 Å². The fraction of sp³-hybridized carbons (Fsp3) is 0.444. The van der Waals surface area contributed by atoms with E-state index in [0.717, 1.165) is 18.4 Å². The normalized spacial score (nSPS) is 21.0. The number of nitrogens with zero attached hydrogens (tertiary/aromatic N) is 3. The van der Waals surface area contributed by atoms with Crippen molar-refractivity contribution in [2.45, 2.75) is 38.1 Å². The first-order valence-electron chi connectivity index (χ1n) is 8.77. The number of aromatic amines is 1. The predicted molar refractivity (Wildman–Crippen MR) is 92.5 cm³/mol. The molecule has 0 spiro atoms. The molecule has 1 saturated heterocycles. The molecule has 1 atom stereocenters. The molecular weight excluding hydrogens is 318 g/mol. The predicted octanol–water partition coefficient (Wildman–Crippen LogP) is 2.20. The van der Waals surface area contributed by atoms with E-state index in [9.17, 15) is 9.59 Å². The quantitative estimate of drug-likeness (QED) is 0.893. The van der Waals surface area contributed by atoms with Crippen LogP contribution in [-0.4, -0.2) is 44.5 Å². The van der Waals surface area contributed by atoms with Crippen LogP contribution in [0.2, 0.25) is 0 Å². The highest BCUT2D eigenvalue weighted by molar-refractivity contribution is 5.99. The number of hydrogen-bond acceptors (Lipinski definition) is 4. The van der Waals surface area contributed by atoms with E-state index < -0.39 is 0 Å². The number of carbonyl (C=O) groups excluding carboxylic acids is 2. The molecule has 2 fully saturated rings. The maximum atomic E-state index is 12.7. The molecule has 2 heterocycles. The van der Waals surface area contributed by atoms with Gasteiger partial charge in [-0.1, -0.05) is 25.0 Å². The van der Waals surface area contributed by atoms with Crippen LogP contribution >= 0.6 is 0 Å². The first-order valence-corrected chi connectivity index (χ1v) is 8.77. The lowest BCUT2D eigenvalue weighted by molar-refractivity contribution is -0.129. The van der Waals surface area contributed by atoms with Crippen LogP contribution in [0.25, 0.3) is 11.4 Å². The number of anilines is 1. The van der Waals surface area contributed by atoms with Gasteiger partial charge in [-0.25, -0.2) is 4.98 Å². The number of nitrogens with one attached hydrogen (secondary N) is 2. The summed E-state index contributed by atoms with van der Waals surface area (Å²) in [5, 5.41) is 9.64. The second kappa shape index (κ2) is 6.66. The lowest BCUT2D eigenvalue weighted by Gasteiger charge is -2.24. The van der Waals surface area contributed by atoms with E-state index in [2.05, 4.69) is 20.5 Å². The van der Waals surface area contributed by atoms with Crippen LogP contribution in [0.4, 0.5) is 5.69 Å². The Kier molecular flexibility index (Phi) is 4.21. The number of aromatic nitrogens is 3. The molecule has 7 nitrogen and oxygen atoms in total. The minimum absolute atomic E-state index is 0.107. The van der Waals surface area contributed by atoms with Gasteiger partial charge in [0.2, 0.25) is 11.8 Å². The molecule has 4 rings (SSSR count). The average Bonchev–Trinajstić information content (AvgIpc) is 3.37. The first-order chi connectivity index (χ1) is 12.2. The lowest BCUT2D eigenvalue weighted by Crippen LogP contribution is -2.35. The molecule has 2 N–H and O–H groups in total. The van der Waals surface area contributed by atoms with Gasteiger partial charge in [0.25, 0.3) is 0 Å². The molecular formula is C18H21N5O2. The van der Waals surface area contributed by atoms with E-state index >= 15 is 0 Å². The molecule has 2 aliphatic rings. The van der Waals surface area contributed by atoms with E-state index in [0.29, 0.717) is 30.5 Å². The van der Waals surface area contributed by atoms with Gasteiger partial charge in [-0.15, -0.1) is 0 Å². The minimum Gasteiger partial charge on any atom is -0.339 e. The Morgan fingerprint density at radius 1 is 1.24 bits per heavy atom. The van der Waals surface area contributed by atoms with Crippen LogP contribution < -0.4 is 5.32 Å². The molecule has 1 aliphatic carbocycles. The summed E-state index contributed by atoms with van der Waals surface area (Å²) in [5.74, 6) is 0.304. The molecule has 130 valence electrons. The Bertz CT molecular complexity index is 768. The van der Waals surface area contributed by atoms with Crippen LogP contribution in [0.15, 0.2) is 30.6 Å². The summed E-state index contributed by atoms with van der Waals surface area (Å²) in [4.78, 5) is 31.1. The third kappa shape index (κ3) is 3.14. The van der Waals surface area contributed by atoms with Gasteiger partial charge in [0.15, 0.2) is 5.82 Å². The fourth-order valence-electron chi connectivity index (χ4n) is 3.84. The molecule has 0 radical (unpaired) electrons. The number of para-hydroxylation sites is 1. The van der Waals surface area contributed by atoms with Crippen molar-refractivity contribution in [3.8, 4) is 11.4 Å². The molecule has 2 amide bonds. The third-order valence-electron chi connectivity index (χ3n) is 5.15. The second-order valence-corrected chi connectivity index (χ2v) is 6.75. The first kappa shape index (κ1) is 15.8.